The van der Waals surface area contributed by atoms with Crippen LogP contribution < -0.4 is 0 Å². The highest BCUT2D eigenvalue weighted by Crippen LogP contribution is 2.31. The molecule has 0 bridgehead atoms. The first-order valence-electron chi connectivity index (χ1n) is 7.32. The molecular weight excluding hydrogens is 230 g/mol. The van der Waals surface area contributed by atoms with Crippen LogP contribution in [0.25, 0.3) is 0 Å². The Labute approximate surface area is 119 Å². The summed E-state index contributed by atoms with van der Waals surface area (Å²) in [6.45, 7) is 14.1. The van der Waals surface area contributed by atoms with E-state index in [0.29, 0.717) is 5.92 Å². The SMILES string of the molecule is CCN(CC)CC#CC(C)(c1ccccc1)C(C)C. The number of nitrogens with zero attached hydrogens (tertiary/aromatic N) is 1. The zero-order valence-corrected chi connectivity index (χ0v) is 13.0. The van der Waals surface area contributed by atoms with Crippen molar-refractivity contribution in [2.24, 2.45) is 5.92 Å². The highest BCUT2D eigenvalue weighted by molar-refractivity contribution is 5.35. The molecular formula is C18H27N. The van der Waals surface area contributed by atoms with Gasteiger partial charge >= 0.3 is 0 Å². The fraction of sp³-hybridized carbons (Fsp3) is 0.556. The minimum Gasteiger partial charge on any atom is -0.293 e. The molecule has 19 heavy (non-hydrogen) atoms. The summed E-state index contributed by atoms with van der Waals surface area (Å²) in [6, 6.07) is 10.6. The van der Waals surface area contributed by atoms with E-state index < -0.39 is 0 Å². The number of hydrogen-bond acceptors (Lipinski definition) is 1. The predicted molar refractivity (Wildman–Crippen MR) is 84.2 cm³/mol. The molecule has 0 heterocycles. The maximum atomic E-state index is 3.52. The Morgan fingerprint density at radius 2 is 1.68 bits per heavy atom. The minimum atomic E-state index is -0.0611. The van der Waals surface area contributed by atoms with Crippen LogP contribution in [0.2, 0.25) is 0 Å². The van der Waals surface area contributed by atoms with Crippen LogP contribution >= 0.6 is 0 Å². The van der Waals surface area contributed by atoms with Crippen LogP contribution in [0.5, 0.6) is 0 Å². The lowest BCUT2D eigenvalue weighted by molar-refractivity contribution is 0.341. The largest absolute Gasteiger partial charge is 0.293 e. The van der Waals surface area contributed by atoms with Crippen molar-refractivity contribution in [2.75, 3.05) is 19.6 Å². The Kier molecular flexibility index (Phi) is 6.12. The standard InChI is InChI=1S/C18H27N/c1-6-19(7-2)15-11-14-18(5,16(3)4)17-12-9-8-10-13-17/h8-10,12-13,16H,6-7,15H2,1-5H3. The van der Waals surface area contributed by atoms with Crippen molar-refractivity contribution in [3.8, 4) is 11.8 Å². The van der Waals surface area contributed by atoms with Crippen molar-refractivity contribution in [3.05, 3.63) is 35.9 Å². The molecule has 1 rings (SSSR count). The van der Waals surface area contributed by atoms with Gasteiger partial charge in [-0.2, -0.15) is 0 Å². The Morgan fingerprint density at radius 1 is 1.11 bits per heavy atom. The summed E-state index contributed by atoms with van der Waals surface area (Å²) in [6.07, 6.45) is 0. The fourth-order valence-electron chi connectivity index (χ4n) is 2.12. The molecule has 0 aliphatic rings. The molecule has 104 valence electrons. The molecule has 0 saturated carbocycles. The lowest BCUT2D eigenvalue weighted by Crippen LogP contribution is -2.28. The van der Waals surface area contributed by atoms with Gasteiger partial charge in [0.05, 0.1) is 12.0 Å². The maximum absolute atomic E-state index is 3.52. The van der Waals surface area contributed by atoms with Crippen LogP contribution in [-0.4, -0.2) is 24.5 Å². The van der Waals surface area contributed by atoms with E-state index in [1.54, 1.807) is 0 Å². The molecule has 1 atom stereocenters. The van der Waals surface area contributed by atoms with E-state index in [-0.39, 0.29) is 5.41 Å². The topological polar surface area (TPSA) is 3.24 Å². The van der Waals surface area contributed by atoms with Crippen molar-refractivity contribution in [2.45, 2.75) is 40.0 Å². The zero-order valence-electron chi connectivity index (χ0n) is 13.0. The second kappa shape index (κ2) is 7.36. The van der Waals surface area contributed by atoms with Gasteiger partial charge in [0.25, 0.3) is 0 Å². The number of benzene rings is 1. The summed E-state index contributed by atoms with van der Waals surface area (Å²) < 4.78 is 0. The Hall–Kier alpha value is -1.26. The van der Waals surface area contributed by atoms with E-state index in [9.17, 15) is 0 Å². The van der Waals surface area contributed by atoms with E-state index in [4.69, 9.17) is 0 Å². The Balaban J connectivity index is 2.93. The van der Waals surface area contributed by atoms with Gasteiger partial charge in [-0.05, 0) is 31.5 Å². The predicted octanol–water partition coefficient (Wildman–Crippen LogP) is 3.95. The van der Waals surface area contributed by atoms with Crippen LogP contribution in [0.4, 0.5) is 0 Å². The fourth-order valence-corrected chi connectivity index (χ4v) is 2.12. The summed E-state index contributed by atoms with van der Waals surface area (Å²) in [7, 11) is 0. The van der Waals surface area contributed by atoms with Crippen molar-refractivity contribution in [3.63, 3.8) is 0 Å². The van der Waals surface area contributed by atoms with Gasteiger partial charge in [-0.1, -0.05) is 69.9 Å². The van der Waals surface area contributed by atoms with Crippen LogP contribution in [0.15, 0.2) is 30.3 Å². The van der Waals surface area contributed by atoms with E-state index in [0.717, 1.165) is 19.6 Å². The first-order valence-corrected chi connectivity index (χ1v) is 7.32. The molecule has 0 aromatic heterocycles. The van der Waals surface area contributed by atoms with Gasteiger partial charge in [-0.25, -0.2) is 0 Å². The number of hydrogen-bond donors (Lipinski definition) is 0. The van der Waals surface area contributed by atoms with E-state index in [2.05, 4.69) is 81.7 Å². The molecule has 1 unspecified atom stereocenters. The Bertz CT molecular complexity index is 420. The van der Waals surface area contributed by atoms with Crippen molar-refractivity contribution >= 4 is 0 Å². The molecule has 1 aromatic rings. The van der Waals surface area contributed by atoms with Crippen molar-refractivity contribution < 1.29 is 0 Å². The minimum absolute atomic E-state index is 0.0611. The average molecular weight is 257 g/mol. The van der Waals surface area contributed by atoms with E-state index in [1.807, 2.05) is 0 Å². The third kappa shape index (κ3) is 4.11. The van der Waals surface area contributed by atoms with Crippen LogP contribution in [0.1, 0.15) is 40.2 Å². The first-order chi connectivity index (χ1) is 9.04. The third-order valence-corrected chi connectivity index (χ3v) is 4.07. The summed E-state index contributed by atoms with van der Waals surface area (Å²) >= 11 is 0. The molecule has 1 aromatic carbocycles. The molecule has 0 saturated heterocycles. The molecule has 0 amide bonds. The molecule has 0 N–H and O–H groups in total. The molecule has 0 aliphatic carbocycles. The second-order valence-electron chi connectivity index (χ2n) is 5.49. The summed E-state index contributed by atoms with van der Waals surface area (Å²) in [5.74, 6) is 7.40. The van der Waals surface area contributed by atoms with E-state index in [1.165, 1.54) is 5.56 Å². The van der Waals surface area contributed by atoms with Crippen molar-refractivity contribution in [1.82, 2.24) is 4.90 Å². The summed E-state index contributed by atoms with van der Waals surface area (Å²) in [5.41, 5.74) is 1.26. The molecule has 1 heteroatoms. The third-order valence-electron chi connectivity index (χ3n) is 4.07. The molecule has 0 radical (unpaired) electrons. The molecule has 0 fully saturated rings. The first kappa shape index (κ1) is 15.8. The van der Waals surface area contributed by atoms with Gasteiger partial charge in [-0.15, -0.1) is 0 Å². The van der Waals surface area contributed by atoms with Gasteiger partial charge < -0.3 is 0 Å². The molecule has 1 nitrogen and oxygen atoms in total. The van der Waals surface area contributed by atoms with Crippen LogP contribution in [0.3, 0.4) is 0 Å². The molecule has 0 aliphatic heterocycles. The van der Waals surface area contributed by atoms with Gasteiger partial charge in [-0.3, -0.25) is 4.90 Å². The number of rotatable bonds is 5. The zero-order chi connectivity index (χ0) is 14.3. The average Bonchev–Trinajstić information content (AvgIpc) is 2.44. The maximum Gasteiger partial charge on any atom is 0.0601 e. The van der Waals surface area contributed by atoms with Crippen LogP contribution in [-0.2, 0) is 5.41 Å². The van der Waals surface area contributed by atoms with E-state index >= 15 is 0 Å². The highest BCUT2D eigenvalue weighted by atomic mass is 15.1. The Morgan fingerprint density at radius 3 is 2.16 bits per heavy atom. The van der Waals surface area contributed by atoms with Crippen LogP contribution in [0, 0.1) is 17.8 Å². The lowest BCUT2D eigenvalue weighted by Gasteiger charge is -2.29. The normalized spacial score (nSPS) is 14.1. The second-order valence-corrected chi connectivity index (χ2v) is 5.49. The molecule has 0 spiro atoms. The summed E-state index contributed by atoms with van der Waals surface area (Å²) in [5, 5.41) is 0. The van der Waals surface area contributed by atoms with Gasteiger partial charge in [0.15, 0.2) is 0 Å². The quantitative estimate of drug-likeness (QED) is 0.722. The summed E-state index contributed by atoms with van der Waals surface area (Å²) in [4.78, 5) is 2.35. The smallest absolute Gasteiger partial charge is 0.0601 e. The lowest BCUT2D eigenvalue weighted by atomic mass is 9.74. The van der Waals surface area contributed by atoms with Crippen molar-refractivity contribution in [1.29, 1.82) is 0 Å². The van der Waals surface area contributed by atoms with Gasteiger partial charge in [0.1, 0.15) is 0 Å². The van der Waals surface area contributed by atoms with Gasteiger partial charge in [0, 0.05) is 0 Å². The monoisotopic (exact) mass is 257 g/mol. The highest BCUT2D eigenvalue weighted by Gasteiger charge is 2.27. The van der Waals surface area contributed by atoms with Gasteiger partial charge in [0.2, 0.25) is 0 Å².